The van der Waals surface area contributed by atoms with Crippen LogP contribution in [0, 0.1) is 0 Å². The Morgan fingerprint density at radius 3 is 1.90 bits per heavy atom. The number of allylic oxidation sites excluding steroid dienone is 4. The Morgan fingerprint density at radius 2 is 1.50 bits per heavy atom. The first kappa shape index (κ1) is 16.5. The topological polar surface area (TPSA) is 34.1 Å². The molecule has 0 aliphatic rings. The normalized spacial score (nSPS) is 11.2. The van der Waals surface area contributed by atoms with Crippen LogP contribution in [0.2, 0.25) is 0 Å². The Labute approximate surface area is 130 Å². The first-order chi connectivity index (χ1) is 9.40. The van der Waals surface area contributed by atoms with E-state index < -0.39 is 0 Å². The van der Waals surface area contributed by atoms with Crippen LogP contribution in [0.15, 0.2) is 46.7 Å². The quantitative estimate of drug-likeness (QED) is 0.479. The van der Waals surface area contributed by atoms with Gasteiger partial charge in [0.25, 0.3) is 0 Å². The highest BCUT2D eigenvalue weighted by Crippen LogP contribution is 2.31. The number of carbonyl (C=O) groups excluding carboxylic acids is 2. The minimum Gasteiger partial charge on any atom is -0.294 e. The predicted octanol–water partition coefficient (Wildman–Crippen LogP) is 4.42. The minimum atomic E-state index is -0.137. The monoisotopic (exact) mass is 304 g/mol. The summed E-state index contributed by atoms with van der Waals surface area (Å²) >= 11 is 8.77. The van der Waals surface area contributed by atoms with Gasteiger partial charge in [-0.1, -0.05) is 37.0 Å². The average molecular weight is 304 g/mol. The zero-order valence-electron chi connectivity index (χ0n) is 11.4. The molecule has 0 fully saturated rings. The molecule has 2 nitrogen and oxygen atoms in total. The van der Waals surface area contributed by atoms with E-state index in [0.29, 0.717) is 26.5 Å². The van der Waals surface area contributed by atoms with Gasteiger partial charge >= 0.3 is 0 Å². The predicted molar refractivity (Wildman–Crippen MR) is 89.3 cm³/mol. The standard InChI is InChI=1S/C16H16O2S2/c1-4-5-6-7-8-12-15(19)13(10(2)17)9-14(11(3)18)16(12)20/h4-9,19-20H,1H2,2-3H3/b6-5+,8-7+. The third-order valence-corrected chi connectivity index (χ3v) is 3.65. The molecule has 0 atom stereocenters. The van der Waals surface area contributed by atoms with Crippen LogP contribution >= 0.6 is 25.3 Å². The van der Waals surface area contributed by atoms with Gasteiger partial charge in [-0.15, -0.1) is 25.3 Å². The Bertz CT molecular complexity index is 588. The van der Waals surface area contributed by atoms with E-state index in [4.69, 9.17) is 0 Å². The van der Waals surface area contributed by atoms with Crippen molar-refractivity contribution >= 4 is 42.9 Å². The number of carbonyl (C=O) groups is 2. The van der Waals surface area contributed by atoms with Crippen molar-refractivity contribution in [2.24, 2.45) is 0 Å². The molecule has 0 unspecified atom stereocenters. The molecule has 0 heterocycles. The number of hydrogen-bond acceptors (Lipinski definition) is 4. The van der Waals surface area contributed by atoms with Crippen LogP contribution in [0.1, 0.15) is 40.1 Å². The summed E-state index contributed by atoms with van der Waals surface area (Å²) in [4.78, 5) is 24.3. The molecule has 20 heavy (non-hydrogen) atoms. The lowest BCUT2D eigenvalue weighted by atomic mass is 10.00. The van der Waals surface area contributed by atoms with Crippen molar-refractivity contribution in [3.63, 3.8) is 0 Å². The molecule has 0 aliphatic heterocycles. The van der Waals surface area contributed by atoms with Gasteiger partial charge in [0.2, 0.25) is 0 Å². The number of benzene rings is 1. The lowest BCUT2D eigenvalue weighted by Gasteiger charge is -2.12. The fourth-order valence-corrected chi connectivity index (χ4v) is 2.58. The number of rotatable bonds is 5. The average Bonchev–Trinajstić information content (AvgIpc) is 2.37. The maximum atomic E-state index is 11.6. The second kappa shape index (κ2) is 7.31. The van der Waals surface area contributed by atoms with Gasteiger partial charge in [-0.05, 0) is 19.9 Å². The van der Waals surface area contributed by atoms with Crippen LogP contribution < -0.4 is 0 Å². The van der Waals surface area contributed by atoms with Crippen molar-refractivity contribution in [1.29, 1.82) is 0 Å². The summed E-state index contributed by atoms with van der Waals surface area (Å²) in [6.07, 6.45) is 8.77. The first-order valence-electron chi connectivity index (χ1n) is 5.96. The van der Waals surface area contributed by atoms with Gasteiger partial charge in [0.05, 0.1) is 0 Å². The van der Waals surface area contributed by atoms with Crippen molar-refractivity contribution in [1.82, 2.24) is 0 Å². The van der Waals surface area contributed by atoms with Gasteiger partial charge in [-0.25, -0.2) is 0 Å². The fourth-order valence-electron chi connectivity index (χ4n) is 1.67. The maximum Gasteiger partial charge on any atom is 0.160 e. The van der Waals surface area contributed by atoms with Crippen molar-refractivity contribution in [3.8, 4) is 0 Å². The lowest BCUT2D eigenvalue weighted by Crippen LogP contribution is -2.04. The van der Waals surface area contributed by atoms with Crippen LogP contribution in [-0.2, 0) is 0 Å². The molecular weight excluding hydrogens is 288 g/mol. The summed E-state index contributed by atoms with van der Waals surface area (Å²) in [5, 5.41) is 0. The van der Waals surface area contributed by atoms with Crippen molar-refractivity contribution < 1.29 is 9.59 Å². The Hall–Kier alpha value is -1.52. The second-order valence-electron chi connectivity index (χ2n) is 4.17. The molecule has 0 amide bonds. The zero-order valence-corrected chi connectivity index (χ0v) is 13.2. The van der Waals surface area contributed by atoms with E-state index in [0.717, 1.165) is 0 Å². The molecule has 0 N–H and O–H groups in total. The second-order valence-corrected chi connectivity index (χ2v) is 5.07. The Morgan fingerprint density at radius 1 is 1.00 bits per heavy atom. The van der Waals surface area contributed by atoms with E-state index in [2.05, 4.69) is 31.8 Å². The van der Waals surface area contributed by atoms with Gasteiger partial charge in [0, 0.05) is 26.5 Å². The van der Waals surface area contributed by atoms with E-state index >= 15 is 0 Å². The molecule has 0 aromatic heterocycles. The highest BCUT2D eigenvalue weighted by molar-refractivity contribution is 7.81. The third kappa shape index (κ3) is 3.74. The highest BCUT2D eigenvalue weighted by Gasteiger charge is 2.16. The van der Waals surface area contributed by atoms with Crippen LogP contribution in [-0.4, -0.2) is 11.6 Å². The first-order valence-corrected chi connectivity index (χ1v) is 6.86. The largest absolute Gasteiger partial charge is 0.294 e. The molecule has 1 aromatic carbocycles. The van der Waals surface area contributed by atoms with Gasteiger partial charge in [0.15, 0.2) is 11.6 Å². The van der Waals surface area contributed by atoms with Crippen LogP contribution in [0.25, 0.3) is 6.08 Å². The minimum absolute atomic E-state index is 0.137. The molecule has 0 radical (unpaired) electrons. The summed E-state index contributed by atoms with van der Waals surface area (Å²) in [6, 6.07) is 1.55. The molecule has 4 heteroatoms. The van der Waals surface area contributed by atoms with E-state index in [1.54, 1.807) is 36.4 Å². The number of ketones is 2. The maximum absolute atomic E-state index is 11.6. The zero-order chi connectivity index (χ0) is 15.3. The molecule has 0 aliphatic carbocycles. The Balaban J connectivity index is 3.51. The molecule has 0 spiro atoms. The van der Waals surface area contributed by atoms with E-state index in [1.807, 2.05) is 0 Å². The van der Waals surface area contributed by atoms with Crippen molar-refractivity contribution in [3.05, 3.63) is 53.6 Å². The van der Waals surface area contributed by atoms with Gasteiger partial charge in [-0.3, -0.25) is 9.59 Å². The molecule has 1 rings (SSSR count). The fraction of sp³-hybridized carbons (Fsp3) is 0.125. The van der Waals surface area contributed by atoms with Crippen molar-refractivity contribution in [2.45, 2.75) is 23.6 Å². The summed E-state index contributed by atoms with van der Waals surface area (Å²) < 4.78 is 0. The van der Waals surface area contributed by atoms with Crippen molar-refractivity contribution in [2.75, 3.05) is 0 Å². The number of thiol groups is 2. The molecule has 0 saturated heterocycles. The highest BCUT2D eigenvalue weighted by atomic mass is 32.1. The van der Waals surface area contributed by atoms with Gasteiger partial charge in [0.1, 0.15) is 0 Å². The molecule has 1 aromatic rings. The summed E-state index contributed by atoms with van der Waals surface area (Å²) in [7, 11) is 0. The summed E-state index contributed by atoms with van der Waals surface area (Å²) in [5.74, 6) is -0.274. The van der Waals surface area contributed by atoms with Crippen LogP contribution in [0.4, 0.5) is 0 Å². The molecule has 0 bridgehead atoms. The number of Topliss-reactive ketones (excluding diaryl/α,β-unsaturated/α-hetero) is 2. The Kier molecular flexibility index (Phi) is 6.05. The SMILES string of the molecule is C=C/C=C/C=C/c1c(S)c(C(C)=O)cc(C(C)=O)c1S. The van der Waals surface area contributed by atoms with Crippen LogP contribution in [0.3, 0.4) is 0 Å². The third-order valence-electron chi connectivity index (χ3n) is 2.69. The number of hydrogen-bond donors (Lipinski definition) is 2. The van der Waals surface area contributed by atoms with Crippen LogP contribution in [0.5, 0.6) is 0 Å². The molecule has 0 saturated carbocycles. The van der Waals surface area contributed by atoms with E-state index in [-0.39, 0.29) is 11.6 Å². The van der Waals surface area contributed by atoms with E-state index in [1.165, 1.54) is 13.8 Å². The van der Waals surface area contributed by atoms with Gasteiger partial charge < -0.3 is 0 Å². The van der Waals surface area contributed by atoms with Gasteiger partial charge in [-0.2, -0.15) is 0 Å². The molecule has 104 valence electrons. The van der Waals surface area contributed by atoms with E-state index in [9.17, 15) is 9.59 Å². The summed E-state index contributed by atoms with van der Waals surface area (Å²) in [5.41, 5.74) is 1.50. The summed E-state index contributed by atoms with van der Waals surface area (Å²) in [6.45, 7) is 6.47. The smallest absolute Gasteiger partial charge is 0.160 e. The molecular formula is C16H16O2S2. The lowest BCUT2D eigenvalue weighted by molar-refractivity contribution is 0.101.